The van der Waals surface area contributed by atoms with Gasteiger partial charge >= 0.3 is 5.97 Å². The summed E-state index contributed by atoms with van der Waals surface area (Å²) in [7, 11) is 0. The molecule has 0 saturated heterocycles. The molecule has 2 unspecified atom stereocenters. The van der Waals surface area contributed by atoms with Crippen molar-refractivity contribution in [3.63, 3.8) is 0 Å². The third-order valence-electron chi connectivity index (χ3n) is 7.66. The van der Waals surface area contributed by atoms with E-state index in [1.54, 1.807) is 30.2 Å². The van der Waals surface area contributed by atoms with E-state index in [0.717, 1.165) is 16.9 Å². The molecule has 1 N–H and O–H groups in total. The minimum Gasteiger partial charge on any atom is -0.466 e. The molecule has 11 heteroatoms. The Balaban J connectivity index is 1.14. The molecule has 0 bridgehead atoms. The van der Waals surface area contributed by atoms with Crippen LogP contribution in [0.25, 0.3) is 11.2 Å². The van der Waals surface area contributed by atoms with Crippen molar-refractivity contribution in [2.24, 2.45) is 5.92 Å². The van der Waals surface area contributed by atoms with E-state index in [1.807, 2.05) is 28.9 Å². The third-order valence-corrected chi connectivity index (χ3v) is 7.89. The van der Waals surface area contributed by atoms with Crippen LogP contribution >= 0.6 is 11.6 Å². The number of ether oxygens (including phenoxy) is 1. The third kappa shape index (κ3) is 4.72. The Kier molecular flexibility index (Phi) is 6.07. The molecule has 0 aromatic carbocycles. The molecule has 1 amide bonds. The average Bonchev–Trinajstić information content (AvgIpc) is 3.83. The Morgan fingerprint density at radius 1 is 1.15 bits per heavy atom. The van der Waals surface area contributed by atoms with Crippen LogP contribution in [0.15, 0.2) is 55.4 Å². The van der Waals surface area contributed by atoms with E-state index in [2.05, 4.69) is 27.0 Å². The molecule has 2 saturated carbocycles. The molecule has 0 aliphatic heterocycles. The van der Waals surface area contributed by atoms with Gasteiger partial charge < -0.3 is 18.9 Å². The van der Waals surface area contributed by atoms with Gasteiger partial charge in [-0.1, -0.05) is 17.7 Å². The van der Waals surface area contributed by atoms with Gasteiger partial charge in [0, 0.05) is 35.7 Å². The number of hydrogen-bond donors (Lipinski definition) is 1. The van der Waals surface area contributed by atoms with Crippen LogP contribution in [0, 0.1) is 5.92 Å². The number of hydrogen-bond acceptors (Lipinski definition) is 6. The molecule has 5 aromatic heterocycles. The van der Waals surface area contributed by atoms with Crippen molar-refractivity contribution in [2.45, 2.75) is 51.1 Å². The second-order valence-electron chi connectivity index (χ2n) is 10.6. The maximum Gasteiger partial charge on any atom is 0.309 e. The standard InChI is InChI=1S/C29H28ClN7O3/c1-2-40-29(39)22-10-21(22)27-23(28(38)31-11-24-25-9-19(30)7-8-35(25)16-32-24)15-37(34-27)14-20-13-36-12-18(17-3-4-17)5-6-26(36)33-20/h5-9,12-13,15-17,21-22H,2-4,10-11,14H2,1H3,(H,31,38). The lowest BCUT2D eigenvalue weighted by molar-refractivity contribution is -0.144. The molecule has 40 heavy (non-hydrogen) atoms. The molecule has 204 valence electrons. The summed E-state index contributed by atoms with van der Waals surface area (Å²) in [6.45, 7) is 2.74. The Morgan fingerprint density at radius 3 is 2.85 bits per heavy atom. The monoisotopic (exact) mass is 557 g/mol. The van der Waals surface area contributed by atoms with Crippen molar-refractivity contribution in [1.82, 2.24) is 33.9 Å². The number of carbonyl (C=O) groups is 2. The summed E-state index contributed by atoms with van der Waals surface area (Å²) >= 11 is 6.17. The highest BCUT2D eigenvalue weighted by Crippen LogP contribution is 2.48. The lowest BCUT2D eigenvalue weighted by Crippen LogP contribution is -2.24. The number of rotatable bonds is 9. The van der Waals surface area contributed by atoms with Gasteiger partial charge in [0.25, 0.3) is 5.91 Å². The zero-order valence-corrected chi connectivity index (χ0v) is 22.7. The van der Waals surface area contributed by atoms with Gasteiger partial charge in [-0.15, -0.1) is 0 Å². The van der Waals surface area contributed by atoms with Crippen LogP contribution in [0.4, 0.5) is 0 Å². The van der Waals surface area contributed by atoms with Gasteiger partial charge in [-0.25, -0.2) is 9.97 Å². The molecule has 2 aliphatic rings. The van der Waals surface area contributed by atoms with Crippen LogP contribution < -0.4 is 5.32 Å². The van der Waals surface area contributed by atoms with Gasteiger partial charge in [0.1, 0.15) is 5.65 Å². The van der Waals surface area contributed by atoms with Crippen molar-refractivity contribution in [3.05, 3.63) is 88.6 Å². The van der Waals surface area contributed by atoms with Crippen LogP contribution in [0.2, 0.25) is 5.02 Å². The van der Waals surface area contributed by atoms with Crippen LogP contribution in [0.3, 0.4) is 0 Å². The Labute approximate surface area is 234 Å². The molecule has 2 atom stereocenters. The minimum absolute atomic E-state index is 0.157. The Morgan fingerprint density at radius 2 is 2.02 bits per heavy atom. The van der Waals surface area contributed by atoms with Crippen LogP contribution in [-0.2, 0) is 22.6 Å². The van der Waals surface area contributed by atoms with E-state index in [0.29, 0.717) is 47.5 Å². The summed E-state index contributed by atoms with van der Waals surface area (Å²) in [5.41, 5.74) is 5.63. The molecular weight excluding hydrogens is 530 g/mol. The van der Waals surface area contributed by atoms with Gasteiger partial charge in [0.15, 0.2) is 0 Å². The van der Waals surface area contributed by atoms with E-state index in [9.17, 15) is 9.59 Å². The highest BCUT2D eigenvalue weighted by Gasteiger charge is 2.48. The predicted molar refractivity (Wildman–Crippen MR) is 147 cm³/mol. The first-order valence-electron chi connectivity index (χ1n) is 13.6. The second-order valence-corrected chi connectivity index (χ2v) is 11.0. The van der Waals surface area contributed by atoms with Crippen LogP contribution in [0.1, 0.15) is 71.0 Å². The van der Waals surface area contributed by atoms with Gasteiger partial charge in [0.05, 0.1) is 60.1 Å². The molecule has 0 radical (unpaired) electrons. The topological polar surface area (TPSA) is 108 Å². The highest BCUT2D eigenvalue weighted by molar-refractivity contribution is 6.30. The number of halogens is 1. The van der Waals surface area contributed by atoms with E-state index < -0.39 is 0 Å². The molecule has 10 nitrogen and oxygen atoms in total. The number of fused-ring (bicyclic) bond motifs is 2. The van der Waals surface area contributed by atoms with Gasteiger partial charge in [0.2, 0.25) is 0 Å². The molecule has 0 spiro atoms. The highest BCUT2D eigenvalue weighted by atomic mass is 35.5. The summed E-state index contributed by atoms with van der Waals surface area (Å²) in [4.78, 5) is 35.0. The minimum atomic E-state index is -0.287. The zero-order chi connectivity index (χ0) is 27.4. The lowest BCUT2D eigenvalue weighted by atomic mass is 10.1. The average molecular weight is 558 g/mol. The molecule has 5 aromatic rings. The van der Waals surface area contributed by atoms with E-state index in [-0.39, 0.29) is 30.3 Å². The van der Waals surface area contributed by atoms with Crippen LogP contribution in [-0.4, -0.2) is 47.0 Å². The SMILES string of the molecule is CCOC(=O)C1CC1c1nn(Cc2cn3cc(C4CC4)ccc3n2)cc1C(=O)NCc1ncn2ccc(Cl)cc12. The van der Waals surface area contributed by atoms with E-state index >= 15 is 0 Å². The number of nitrogens with zero attached hydrogens (tertiary/aromatic N) is 6. The first kappa shape index (κ1) is 24.8. The van der Waals surface area contributed by atoms with Crippen LogP contribution in [0.5, 0.6) is 0 Å². The summed E-state index contributed by atoms with van der Waals surface area (Å²) in [5.74, 6) is -0.307. The number of nitrogens with one attached hydrogen (secondary N) is 1. The fourth-order valence-corrected chi connectivity index (χ4v) is 5.51. The van der Waals surface area contributed by atoms with Crippen molar-refractivity contribution >= 4 is 34.6 Å². The quantitative estimate of drug-likeness (QED) is 0.270. The summed E-state index contributed by atoms with van der Waals surface area (Å²) in [6.07, 6.45) is 12.5. The van der Waals surface area contributed by atoms with Crippen molar-refractivity contribution in [1.29, 1.82) is 0 Å². The molecule has 2 fully saturated rings. The summed E-state index contributed by atoms with van der Waals surface area (Å²) in [6, 6.07) is 7.80. The van der Waals surface area contributed by atoms with Gasteiger partial charge in [-0.05, 0) is 55.9 Å². The van der Waals surface area contributed by atoms with Crippen molar-refractivity contribution < 1.29 is 14.3 Å². The molecule has 2 aliphatic carbocycles. The number of esters is 1. The van der Waals surface area contributed by atoms with E-state index in [1.165, 1.54) is 18.4 Å². The number of carbonyl (C=O) groups excluding carboxylic acids is 2. The van der Waals surface area contributed by atoms with Crippen molar-refractivity contribution in [2.75, 3.05) is 6.61 Å². The largest absolute Gasteiger partial charge is 0.466 e. The molecule has 7 rings (SSSR count). The van der Waals surface area contributed by atoms with Crippen molar-refractivity contribution in [3.8, 4) is 0 Å². The lowest BCUT2D eigenvalue weighted by Gasteiger charge is -2.05. The Hall–Kier alpha value is -4.18. The smallest absolute Gasteiger partial charge is 0.309 e. The molecular formula is C29H28ClN7O3. The first-order valence-corrected chi connectivity index (χ1v) is 14.0. The maximum atomic E-state index is 13.5. The summed E-state index contributed by atoms with van der Waals surface area (Å²) < 4.78 is 10.9. The summed E-state index contributed by atoms with van der Waals surface area (Å²) in [5, 5.41) is 8.35. The fraction of sp³-hybridized carbons (Fsp3) is 0.345. The molecule has 5 heterocycles. The number of aromatic nitrogens is 6. The normalized spacial score (nSPS) is 18.4. The predicted octanol–water partition coefficient (Wildman–Crippen LogP) is 4.35. The van der Waals surface area contributed by atoms with Gasteiger partial charge in [-0.2, -0.15) is 5.10 Å². The number of imidazole rings is 2. The van der Waals surface area contributed by atoms with E-state index in [4.69, 9.17) is 26.4 Å². The Bertz CT molecular complexity index is 1770. The second kappa shape index (κ2) is 9.78. The van der Waals surface area contributed by atoms with Gasteiger partial charge in [-0.3, -0.25) is 14.3 Å². The fourth-order valence-electron chi connectivity index (χ4n) is 5.35. The number of pyridine rings is 2. The number of amides is 1. The first-order chi connectivity index (χ1) is 19.5. The zero-order valence-electron chi connectivity index (χ0n) is 22.0. The maximum absolute atomic E-state index is 13.5.